The second-order valence-electron chi connectivity index (χ2n) is 11.1. The van der Waals surface area contributed by atoms with Crippen molar-refractivity contribution in [3.63, 3.8) is 0 Å². The number of alkyl halides is 5. The SMILES string of the molecule is COC(=O)N[C@H](C(=O)N1C[C@H](OC(F)(F)F)C[C@H]1C(=O)N[C@@H](CCC(C)(F)F)C(=O)C(=O)NC1CC1)C(C)(C)C. The van der Waals surface area contributed by atoms with E-state index in [1.54, 1.807) is 20.8 Å². The van der Waals surface area contributed by atoms with Crippen molar-refractivity contribution in [2.75, 3.05) is 13.7 Å². The van der Waals surface area contributed by atoms with E-state index in [9.17, 15) is 45.9 Å². The predicted octanol–water partition coefficient (Wildman–Crippen LogP) is 2.03. The number of hydrogen-bond acceptors (Lipinski definition) is 7. The molecule has 0 bridgehead atoms. The molecule has 4 amide bonds. The third-order valence-corrected chi connectivity index (χ3v) is 6.35. The molecule has 1 heterocycles. The first-order valence-corrected chi connectivity index (χ1v) is 12.6. The average molecular weight is 587 g/mol. The van der Waals surface area contributed by atoms with Crippen LogP contribution in [0.2, 0.25) is 0 Å². The van der Waals surface area contributed by atoms with Crippen molar-refractivity contribution >= 4 is 29.6 Å². The van der Waals surface area contributed by atoms with Gasteiger partial charge in [0.25, 0.3) is 5.91 Å². The van der Waals surface area contributed by atoms with Gasteiger partial charge in [-0.3, -0.25) is 23.9 Å². The highest BCUT2D eigenvalue weighted by Crippen LogP contribution is 2.31. The fourth-order valence-electron chi connectivity index (χ4n) is 4.13. The Labute approximate surface area is 227 Å². The van der Waals surface area contributed by atoms with E-state index < -0.39 is 97.3 Å². The van der Waals surface area contributed by atoms with E-state index in [1.165, 1.54) is 0 Å². The largest absolute Gasteiger partial charge is 0.522 e. The highest BCUT2D eigenvalue weighted by Gasteiger charge is 2.49. The van der Waals surface area contributed by atoms with Crippen molar-refractivity contribution in [2.45, 2.75) is 102 Å². The van der Waals surface area contributed by atoms with Crippen LogP contribution in [0.1, 0.15) is 59.8 Å². The fourth-order valence-corrected chi connectivity index (χ4v) is 4.13. The summed E-state index contributed by atoms with van der Waals surface area (Å²) in [5.41, 5.74) is -0.999. The molecule has 0 aromatic heterocycles. The van der Waals surface area contributed by atoms with Crippen molar-refractivity contribution in [2.24, 2.45) is 5.41 Å². The van der Waals surface area contributed by atoms with Gasteiger partial charge in [0.15, 0.2) is 0 Å². The molecule has 1 saturated heterocycles. The highest BCUT2D eigenvalue weighted by molar-refractivity contribution is 6.38. The molecule has 4 atom stereocenters. The van der Waals surface area contributed by atoms with Crippen molar-refractivity contribution < 1.29 is 55.4 Å². The molecule has 0 spiro atoms. The third-order valence-electron chi connectivity index (χ3n) is 6.35. The van der Waals surface area contributed by atoms with Crippen molar-refractivity contribution in [3.05, 3.63) is 0 Å². The van der Waals surface area contributed by atoms with E-state index >= 15 is 0 Å². The van der Waals surface area contributed by atoms with Crippen molar-refractivity contribution in [1.82, 2.24) is 20.9 Å². The molecule has 2 fully saturated rings. The van der Waals surface area contributed by atoms with Crippen molar-refractivity contribution in [3.8, 4) is 0 Å². The summed E-state index contributed by atoms with van der Waals surface area (Å²) in [7, 11) is 1.04. The number of hydrogen-bond donors (Lipinski definition) is 3. The van der Waals surface area contributed by atoms with Gasteiger partial charge in [0.05, 0.1) is 19.3 Å². The molecule has 0 aromatic carbocycles. The molecule has 228 valence electrons. The topological polar surface area (TPSA) is 143 Å². The first-order valence-electron chi connectivity index (χ1n) is 12.6. The molecule has 16 heteroatoms. The summed E-state index contributed by atoms with van der Waals surface area (Å²) in [5, 5.41) is 6.88. The van der Waals surface area contributed by atoms with Gasteiger partial charge in [0.2, 0.25) is 23.5 Å². The van der Waals surface area contributed by atoms with E-state index in [0.29, 0.717) is 19.8 Å². The maximum Gasteiger partial charge on any atom is 0.522 e. The van der Waals surface area contributed by atoms with Gasteiger partial charge in [-0.15, -0.1) is 13.2 Å². The zero-order chi connectivity index (χ0) is 30.6. The predicted molar refractivity (Wildman–Crippen MR) is 128 cm³/mol. The smallest absolute Gasteiger partial charge is 0.453 e. The van der Waals surface area contributed by atoms with Crippen LogP contribution in [0.25, 0.3) is 0 Å². The lowest BCUT2D eigenvalue weighted by Gasteiger charge is -2.35. The maximum atomic E-state index is 13.6. The van der Waals surface area contributed by atoms with Gasteiger partial charge in [-0.25, -0.2) is 13.6 Å². The summed E-state index contributed by atoms with van der Waals surface area (Å²) in [4.78, 5) is 64.5. The Bertz CT molecular complexity index is 976. The molecule has 3 N–H and O–H groups in total. The van der Waals surface area contributed by atoms with Crippen LogP contribution in [0.3, 0.4) is 0 Å². The van der Waals surface area contributed by atoms with E-state index in [1.807, 2.05) is 0 Å². The van der Waals surface area contributed by atoms with Crippen molar-refractivity contribution in [1.29, 1.82) is 0 Å². The highest BCUT2D eigenvalue weighted by atomic mass is 19.4. The number of alkyl carbamates (subject to hydrolysis) is 1. The number of rotatable bonds is 11. The molecule has 40 heavy (non-hydrogen) atoms. The number of methoxy groups -OCH3 is 1. The number of likely N-dealkylation sites (tertiary alicyclic amines) is 1. The van der Waals surface area contributed by atoms with Gasteiger partial charge < -0.3 is 25.6 Å². The second-order valence-corrected chi connectivity index (χ2v) is 11.1. The summed E-state index contributed by atoms with van der Waals surface area (Å²) in [5.74, 6) is -7.65. The minimum absolute atomic E-state index is 0.250. The average Bonchev–Trinajstić information content (AvgIpc) is 3.52. The van der Waals surface area contributed by atoms with Crippen LogP contribution in [-0.4, -0.2) is 90.7 Å². The summed E-state index contributed by atoms with van der Waals surface area (Å²) < 4.78 is 74.7. The van der Waals surface area contributed by atoms with Crippen LogP contribution in [0, 0.1) is 5.41 Å². The molecule has 11 nitrogen and oxygen atoms in total. The van der Waals surface area contributed by atoms with Crippen LogP contribution >= 0.6 is 0 Å². The second kappa shape index (κ2) is 12.6. The molecule has 0 unspecified atom stereocenters. The Balaban J connectivity index is 2.34. The maximum absolute atomic E-state index is 13.6. The quantitative estimate of drug-likeness (QED) is 0.248. The number of Topliss-reactive ketones (excluding diaryl/α,β-unsaturated/α-hetero) is 1. The van der Waals surface area contributed by atoms with Crippen LogP contribution in [0.15, 0.2) is 0 Å². The molecule has 2 aliphatic rings. The Morgan fingerprint density at radius 3 is 2.05 bits per heavy atom. The number of ether oxygens (including phenoxy) is 2. The Morgan fingerprint density at radius 2 is 1.57 bits per heavy atom. The number of carbonyl (C=O) groups excluding carboxylic acids is 5. The number of halogens is 5. The van der Waals surface area contributed by atoms with Crippen LogP contribution in [-0.2, 0) is 28.7 Å². The van der Waals surface area contributed by atoms with Gasteiger partial charge in [-0.05, 0) is 31.6 Å². The number of carbonyl (C=O) groups is 5. The normalized spacial score (nSPS) is 21.3. The lowest BCUT2D eigenvalue weighted by molar-refractivity contribution is -0.340. The summed E-state index contributed by atoms with van der Waals surface area (Å²) in [6, 6.07) is -4.99. The van der Waals surface area contributed by atoms with E-state index in [2.05, 4.69) is 25.4 Å². The summed E-state index contributed by atoms with van der Waals surface area (Å²) in [6.07, 6.45) is -8.76. The number of nitrogens with one attached hydrogen (secondary N) is 3. The minimum Gasteiger partial charge on any atom is -0.453 e. The number of nitrogens with zero attached hydrogens (tertiary/aromatic N) is 1. The van der Waals surface area contributed by atoms with E-state index in [4.69, 9.17) is 0 Å². The zero-order valence-corrected chi connectivity index (χ0v) is 22.8. The van der Waals surface area contributed by atoms with Crippen LogP contribution < -0.4 is 16.0 Å². The molecular weight excluding hydrogens is 551 g/mol. The Hall–Kier alpha value is -3.04. The van der Waals surface area contributed by atoms with Gasteiger partial charge >= 0.3 is 12.5 Å². The van der Waals surface area contributed by atoms with Gasteiger partial charge in [0.1, 0.15) is 12.1 Å². The van der Waals surface area contributed by atoms with Gasteiger partial charge in [-0.1, -0.05) is 20.8 Å². The van der Waals surface area contributed by atoms with Crippen LogP contribution in [0.4, 0.5) is 26.7 Å². The minimum atomic E-state index is -5.11. The molecule has 0 aromatic rings. The molecule has 1 aliphatic heterocycles. The molecule has 1 aliphatic carbocycles. The Kier molecular flexibility index (Phi) is 10.5. The number of amides is 4. The first-order chi connectivity index (χ1) is 18.2. The molecule has 2 rings (SSSR count). The fraction of sp³-hybridized carbons (Fsp3) is 0.792. The van der Waals surface area contributed by atoms with E-state index in [0.717, 1.165) is 12.0 Å². The molecule has 1 saturated carbocycles. The number of ketones is 1. The van der Waals surface area contributed by atoms with Crippen LogP contribution in [0.5, 0.6) is 0 Å². The Morgan fingerprint density at radius 1 is 0.975 bits per heavy atom. The molecular formula is C24H35F5N4O7. The lowest BCUT2D eigenvalue weighted by atomic mass is 9.85. The third kappa shape index (κ3) is 10.2. The first kappa shape index (κ1) is 33.2. The van der Waals surface area contributed by atoms with Gasteiger partial charge in [0, 0.05) is 25.4 Å². The summed E-state index contributed by atoms with van der Waals surface area (Å²) >= 11 is 0. The molecule has 0 radical (unpaired) electrons. The van der Waals surface area contributed by atoms with E-state index in [-0.39, 0.29) is 6.04 Å². The standard InChI is InChI=1S/C24H35F5N4O7/c1-22(2,3)17(32-21(38)39-5)20(37)33-11-13(40-24(27,28)29)10-15(33)18(35)31-14(8-9-23(4,25)26)16(34)19(36)30-12-6-7-12/h12-15,17H,6-11H2,1-5H3,(H,30,36)(H,31,35)(H,32,38)/t13-,14+,15+,17-/m1/s1. The zero-order valence-electron chi connectivity index (χ0n) is 22.8. The monoisotopic (exact) mass is 586 g/mol. The van der Waals surface area contributed by atoms with Gasteiger partial charge in [-0.2, -0.15) is 0 Å². The summed E-state index contributed by atoms with van der Waals surface area (Å²) in [6.45, 7) is 4.53. The lowest BCUT2D eigenvalue weighted by Crippen LogP contribution is -2.59.